The highest BCUT2D eigenvalue weighted by molar-refractivity contribution is 6.32. The van der Waals surface area contributed by atoms with Crippen molar-refractivity contribution in [3.05, 3.63) is 29.9 Å². The van der Waals surface area contributed by atoms with E-state index in [4.69, 9.17) is 11.6 Å². The molecule has 21 heavy (non-hydrogen) atoms. The minimum atomic E-state index is 0.548. The summed E-state index contributed by atoms with van der Waals surface area (Å²) in [6.45, 7) is 4.76. The van der Waals surface area contributed by atoms with Crippen LogP contribution in [0, 0.1) is 0 Å². The average Bonchev–Trinajstić information content (AvgIpc) is 3.00. The van der Waals surface area contributed by atoms with Crippen molar-refractivity contribution in [3.63, 3.8) is 0 Å². The van der Waals surface area contributed by atoms with Crippen LogP contribution < -0.4 is 10.6 Å². The molecule has 0 amide bonds. The van der Waals surface area contributed by atoms with Crippen molar-refractivity contribution in [2.45, 2.75) is 32.7 Å². The molecule has 0 spiro atoms. The Labute approximate surface area is 130 Å². The van der Waals surface area contributed by atoms with Crippen LogP contribution in [0.3, 0.4) is 0 Å². The molecule has 0 bridgehead atoms. The number of rotatable bonds is 9. The second-order valence-corrected chi connectivity index (χ2v) is 5.16. The molecule has 0 unspecified atom stereocenters. The van der Waals surface area contributed by atoms with Gasteiger partial charge in [-0.05, 0) is 19.3 Å². The first-order valence-electron chi connectivity index (χ1n) is 7.25. The number of aryl methyl sites for hydroxylation is 1. The third-order valence-corrected chi connectivity index (χ3v) is 3.25. The first kappa shape index (κ1) is 15.6. The molecule has 0 aliphatic carbocycles. The number of hydrogen-bond donors (Lipinski definition) is 2. The highest BCUT2D eigenvalue weighted by atomic mass is 35.5. The number of imidazole rings is 1. The van der Waals surface area contributed by atoms with Crippen LogP contribution in [0.1, 0.15) is 26.2 Å². The van der Waals surface area contributed by atoms with E-state index in [-0.39, 0.29) is 0 Å². The van der Waals surface area contributed by atoms with Crippen LogP contribution in [0.4, 0.5) is 11.8 Å². The summed E-state index contributed by atoms with van der Waals surface area (Å²) >= 11 is 6.10. The second-order valence-electron chi connectivity index (χ2n) is 4.75. The summed E-state index contributed by atoms with van der Waals surface area (Å²) < 4.78 is 2.07. The zero-order valence-electron chi connectivity index (χ0n) is 12.2. The number of anilines is 2. The van der Waals surface area contributed by atoms with Crippen LogP contribution in [-0.4, -0.2) is 32.6 Å². The third-order valence-electron chi connectivity index (χ3n) is 2.97. The molecule has 7 heteroatoms. The van der Waals surface area contributed by atoms with Crippen LogP contribution in [0.5, 0.6) is 0 Å². The van der Waals surface area contributed by atoms with E-state index in [2.05, 4.69) is 37.1 Å². The molecule has 2 aromatic heterocycles. The summed E-state index contributed by atoms with van der Waals surface area (Å²) in [4.78, 5) is 12.5. The molecule has 2 N–H and O–H groups in total. The van der Waals surface area contributed by atoms with Crippen molar-refractivity contribution < 1.29 is 0 Å². The number of halogens is 1. The molecule has 114 valence electrons. The lowest BCUT2D eigenvalue weighted by atomic mass is 10.3. The summed E-state index contributed by atoms with van der Waals surface area (Å²) in [6, 6.07) is 0. The van der Waals surface area contributed by atoms with Gasteiger partial charge in [0.2, 0.25) is 5.95 Å². The van der Waals surface area contributed by atoms with Crippen LogP contribution in [0.15, 0.2) is 24.9 Å². The summed E-state index contributed by atoms with van der Waals surface area (Å²) in [5.41, 5.74) is 0. The predicted molar refractivity (Wildman–Crippen MR) is 85.8 cm³/mol. The Hall–Kier alpha value is -1.82. The predicted octanol–water partition coefficient (Wildman–Crippen LogP) is 3.04. The molecule has 0 aliphatic rings. The Kier molecular flexibility index (Phi) is 6.27. The Bertz CT molecular complexity index is 528. The molecule has 0 saturated carbocycles. The lowest BCUT2D eigenvalue weighted by molar-refractivity contribution is 0.620. The molecule has 0 fully saturated rings. The van der Waals surface area contributed by atoms with Gasteiger partial charge in [0.25, 0.3) is 0 Å². The van der Waals surface area contributed by atoms with Gasteiger partial charge in [0.15, 0.2) is 0 Å². The maximum Gasteiger partial charge on any atom is 0.224 e. The molecule has 2 rings (SSSR count). The first-order chi connectivity index (χ1) is 10.3. The zero-order chi connectivity index (χ0) is 14.9. The molecule has 6 nitrogen and oxygen atoms in total. The van der Waals surface area contributed by atoms with Crippen molar-refractivity contribution in [2.24, 2.45) is 0 Å². The van der Waals surface area contributed by atoms with Crippen LogP contribution in [0.2, 0.25) is 5.02 Å². The molecular weight excluding hydrogens is 288 g/mol. The van der Waals surface area contributed by atoms with Gasteiger partial charge in [-0.3, -0.25) is 0 Å². The Morgan fingerprint density at radius 3 is 2.90 bits per heavy atom. The summed E-state index contributed by atoms with van der Waals surface area (Å²) in [6.07, 6.45) is 10.4. The summed E-state index contributed by atoms with van der Waals surface area (Å²) in [5.74, 6) is 1.30. The molecule has 0 atom stereocenters. The van der Waals surface area contributed by atoms with E-state index >= 15 is 0 Å². The monoisotopic (exact) mass is 308 g/mol. The Morgan fingerprint density at radius 1 is 1.24 bits per heavy atom. The van der Waals surface area contributed by atoms with E-state index in [0.29, 0.717) is 16.8 Å². The molecule has 0 aromatic carbocycles. The molecule has 0 aliphatic heterocycles. The fourth-order valence-corrected chi connectivity index (χ4v) is 2.02. The largest absolute Gasteiger partial charge is 0.369 e. The lowest BCUT2D eigenvalue weighted by Gasteiger charge is -2.09. The van der Waals surface area contributed by atoms with E-state index in [9.17, 15) is 0 Å². The van der Waals surface area contributed by atoms with Crippen LogP contribution >= 0.6 is 11.6 Å². The number of nitrogens with one attached hydrogen (secondary N) is 2. The van der Waals surface area contributed by atoms with Gasteiger partial charge in [0.1, 0.15) is 10.8 Å². The van der Waals surface area contributed by atoms with Gasteiger partial charge in [-0.15, -0.1) is 0 Å². The number of unbranched alkanes of at least 4 members (excludes halogenated alkanes) is 1. The Morgan fingerprint density at radius 2 is 2.14 bits per heavy atom. The Balaban J connectivity index is 1.74. The molecule has 0 radical (unpaired) electrons. The third kappa shape index (κ3) is 5.23. The van der Waals surface area contributed by atoms with Crippen molar-refractivity contribution in [1.29, 1.82) is 0 Å². The normalized spacial score (nSPS) is 10.6. The van der Waals surface area contributed by atoms with Crippen molar-refractivity contribution in [3.8, 4) is 0 Å². The van der Waals surface area contributed by atoms with Crippen LogP contribution in [-0.2, 0) is 6.54 Å². The van der Waals surface area contributed by atoms with E-state index in [1.165, 1.54) is 0 Å². The van der Waals surface area contributed by atoms with Crippen LogP contribution in [0.25, 0.3) is 0 Å². The highest BCUT2D eigenvalue weighted by Crippen LogP contribution is 2.19. The topological polar surface area (TPSA) is 67.7 Å². The van der Waals surface area contributed by atoms with Gasteiger partial charge in [0, 0.05) is 32.0 Å². The van der Waals surface area contributed by atoms with Gasteiger partial charge in [-0.25, -0.2) is 9.97 Å². The molecule has 2 aromatic rings. The maximum atomic E-state index is 6.10. The van der Waals surface area contributed by atoms with E-state index in [0.717, 1.165) is 38.9 Å². The van der Waals surface area contributed by atoms with Crippen molar-refractivity contribution in [2.75, 3.05) is 23.7 Å². The lowest BCUT2D eigenvalue weighted by Crippen LogP contribution is -2.09. The van der Waals surface area contributed by atoms with Gasteiger partial charge >= 0.3 is 0 Å². The van der Waals surface area contributed by atoms with Gasteiger partial charge in [-0.2, -0.15) is 4.98 Å². The standard InChI is InChI=1S/C14H21ClN6/c1-2-5-18-14-19-10-12(15)13(20-14)17-6-3-4-8-21-9-7-16-11-21/h7,9-11H,2-6,8H2,1H3,(H2,17,18,19,20). The summed E-state index contributed by atoms with van der Waals surface area (Å²) in [5, 5.41) is 6.96. The van der Waals surface area contributed by atoms with E-state index in [1.807, 2.05) is 12.5 Å². The minimum absolute atomic E-state index is 0.548. The second kappa shape index (κ2) is 8.46. The molecule has 0 saturated heterocycles. The van der Waals surface area contributed by atoms with E-state index in [1.54, 1.807) is 12.4 Å². The fraction of sp³-hybridized carbons (Fsp3) is 0.500. The minimum Gasteiger partial charge on any atom is -0.369 e. The van der Waals surface area contributed by atoms with Gasteiger partial charge < -0.3 is 15.2 Å². The molecule has 2 heterocycles. The van der Waals surface area contributed by atoms with Crippen molar-refractivity contribution in [1.82, 2.24) is 19.5 Å². The number of hydrogen-bond acceptors (Lipinski definition) is 5. The van der Waals surface area contributed by atoms with E-state index < -0.39 is 0 Å². The first-order valence-corrected chi connectivity index (χ1v) is 7.63. The molecular formula is C14H21ClN6. The zero-order valence-corrected chi connectivity index (χ0v) is 13.0. The number of aromatic nitrogens is 4. The fourth-order valence-electron chi connectivity index (χ4n) is 1.86. The highest BCUT2D eigenvalue weighted by Gasteiger charge is 2.04. The quantitative estimate of drug-likeness (QED) is 0.697. The van der Waals surface area contributed by atoms with Crippen molar-refractivity contribution >= 4 is 23.4 Å². The van der Waals surface area contributed by atoms with Gasteiger partial charge in [0.05, 0.1) is 12.5 Å². The smallest absolute Gasteiger partial charge is 0.224 e. The SMILES string of the molecule is CCCNc1ncc(Cl)c(NCCCCn2ccnc2)n1. The maximum absolute atomic E-state index is 6.10. The van der Waals surface area contributed by atoms with Gasteiger partial charge in [-0.1, -0.05) is 18.5 Å². The average molecular weight is 309 g/mol. The summed E-state index contributed by atoms with van der Waals surface area (Å²) in [7, 11) is 0. The number of nitrogens with zero attached hydrogens (tertiary/aromatic N) is 4.